The maximum absolute atomic E-state index is 13.0. The Morgan fingerprint density at radius 3 is 2.61 bits per heavy atom. The van der Waals surface area contributed by atoms with Gasteiger partial charge in [-0.15, -0.1) is 0 Å². The summed E-state index contributed by atoms with van der Waals surface area (Å²) in [6, 6.07) is 4.78. The first kappa shape index (κ1) is 12.6. The summed E-state index contributed by atoms with van der Waals surface area (Å²) in [6.07, 6.45) is 0.964. The fourth-order valence-corrected chi connectivity index (χ4v) is 1.78. The summed E-state index contributed by atoms with van der Waals surface area (Å²) in [7, 11) is 0. The summed E-state index contributed by atoms with van der Waals surface area (Å²) in [5.74, 6) is -1.11. The van der Waals surface area contributed by atoms with Gasteiger partial charge in [-0.1, -0.05) is 11.6 Å². The fraction of sp³-hybridized carbons (Fsp3) is 0.167. The number of aromatic nitrogens is 2. The maximum Gasteiger partial charge on any atom is 0.273 e. The standard InChI is InChI=1S/C12H11ClFN3O/c1-7-3-4-8(2)17(7)16-12(18)10-5-9(14)6-15-11(10)13/h3-6H,1-2H3,(H,16,18). The molecule has 0 fully saturated rings. The van der Waals surface area contributed by atoms with E-state index in [1.54, 1.807) is 4.68 Å². The minimum atomic E-state index is -0.606. The zero-order chi connectivity index (χ0) is 13.3. The van der Waals surface area contributed by atoms with E-state index in [0.29, 0.717) is 0 Å². The molecule has 0 saturated carbocycles. The normalized spacial score (nSPS) is 10.4. The van der Waals surface area contributed by atoms with Gasteiger partial charge in [-0.2, -0.15) is 0 Å². The first-order valence-electron chi connectivity index (χ1n) is 5.26. The summed E-state index contributed by atoms with van der Waals surface area (Å²) < 4.78 is 14.6. The molecular formula is C12H11ClFN3O. The van der Waals surface area contributed by atoms with Crippen molar-refractivity contribution in [2.24, 2.45) is 0 Å². The van der Waals surface area contributed by atoms with Crippen LogP contribution in [0.1, 0.15) is 21.7 Å². The molecule has 2 rings (SSSR count). The van der Waals surface area contributed by atoms with Gasteiger partial charge in [0.1, 0.15) is 11.0 Å². The van der Waals surface area contributed by atoms with Crippen LogP contribution in [0.5, 0.6) is 0 Å². The number of halogens is 2. The Bertz CT molecular complexity index is 590. The average Bonchev–Trinajstić information content (AvgIpc) is 2.64. The molecule has 0 aromatic carbocycles. The molecule has 2 aromatic rings. The molecule has 0 atom stereocenters. The Labute approximate surface area is 108 Å². The van der Waals surface area contributed by atoms with Gasteiger partial charge in [-0.05, 0) is 32.0 Å². The second-order valence-electron chi connectivity index (χ2n) is 3.88. The van der Waals surface area contributed by atoms with E-state index in [4.69, 9.17) is 11.6 Å². The van der Waals surface area contributed by atoms with Crippen LogP contribution in [0.4, 0.5) is 4.39 Å². The van der Waals surface area contributed by atoms with Crippen molar-refractivity contribution in [3.63, 3.8) is 0 Å². The van der Waals surface area contributed by atoms with Crippen LogP contribution in [0, 0.1) is 19.7 Å². The lowest BCUT2D eigenvalue weighted by Crippen LogP contribution is -2.25. The molecule has 0 radical (unpaired) electrons. The summed E-state index contributed by atoms with van der Waals surface area (Å²) in [5, 5.41) is -0.0311. The molecule has 0 bridgehead atoms. The number of carbonyl (C=O) groups excluding carboxylic acids is 1. The molecular weight excluding hydrogens is 257 g/mol. The van der Waals surface area contributed by atoms with Gasteiger partial charge in [0.05, 0.1) is 11.8 Å². The van der Waals surface area contributed by atoms with Crippen LogP contribution < -0.4 is 5.43 Å². The van der Waals surface area contributed by atoms with Gasteiger partial charge in [0.15, 0.2) is 0 Å². The number of hydrogen-bond donors (Lipinski definition) is 1. The Kier molecular flexibility index (Phi) is 3.34. The second kappa shape index (κ2) is 4.78. The van der Waals surface area contributed by atoms with E-state index in [1.165, 1.54) is 0 Å². The van der Waals surface area contributed by atoms with Crippen molar-refractivity contribution >= 4 is 17.5 Å². The van der Waals surface area contributed by atoms with Crippen molar-refractivity contribution in [1.82, 2.24) is 9.66 Å². The molecule has 94 valence electrons. The van der Waals surface area contributed by atoms with Crippen LogP contribution in [-0.2, 0) is 0 Å². The highest BCUT2D eigenvalue weighted by molar-refractivity contribution is 6.33. The third kappa shape index (κ3) is 2.36. The smallest absolute Gasteiger partial charge is 0.267 e. The van der Waals surface area contributed by atoms with E-state index < -0.39 is 11.7 Å². The van der Waals surface area contributed by atoms with E-state index in [1.807, 2.05) is 26.0 Å². The van der Waals surface area contributed by atoms with Crippen molar-refractivity contribution < 1.29 is 9.18 Å². The summed E-state index contributed by atoms with van der Waals surface area (Å²) in [4.78, 5) is 15.6. The van der Waals surface area contributed by atoms with Gasteiger partial charge in [0.2, 0.25) is 0 Å². The predicted octanol–water partition coefficient (Wildman–Crippen LogP) is 2.68. The fourth-order valence-electron chi connectivity index (χ4n) is 1.59. The van der Waals surface area contributed by atoms with Crippen LogP contribution in [0.25, 0.3) is 0 Å². The van der Waals surface area contributed by atoms with Gasteiger partial charge >= 0.3 is 0 Å². The van der Waals surface area contributed by atoms with Crippen LogP contribution in [0.3, 0.4) is 0 Å². The van der Waals surface area contributed by atoms with Crippen molar-refractivity contribution in [1.29, 1.82) is 0 Å². The number of hydrogen-bond acceptors (Lipinski definition) is 2. The van der Waals surface area contributed by atoms with Crippen molar-refractivity contribution in [2.45, 2.75) is 13.8 Å². The number of nitrogens with one attached hydrogen (secondary N) is 1. The van der Waals surface area contributed by atoms with E-state index in [0.717, 1.165) is 23.7 Å². The Balaban J connectivity index is 2.30. The van der Waals surface area contributed by atoms with E-state index in [-0.39, 0.29) is 10.7 Å². The quantitative estimate of drug-likeness (QED) is 0.851. The summed E-state index contributed by atoms with van der Waals surface area (Å²) >= 11 is 5.76. The van der Waals surface area contributed by atoms with E-state index in [9.17, 15) is 9.18 Å². The third-order valence-electron chi connectivity index (χ3n) is 2.53. The van der Waals surface area contributed by atoms with Crippen LogP contribution in [0.15, 0.2) is 24.4 Å². The SMILES string of the molecule is Cc1ccc(C)n1NC(=O)c1cc(F)cnc1Cl. The molecule has 0 aliphatic carbocycles. The van der Waals surface area contributed by atoms with Gasteiger partial charge < -0.3 is 0 Å². The van der Waals surface area contributed by atoms with Crippen molar-refractivity contribution in [2.75, 3.05) is 5.43 Å². The third-order valence-corrected chi connectivity index (χ3v) is 2.84. The lowest BCUT2D eigenvalue weighted by Gasteiger charge is -2.11. The average molecular weight is 268 g/mol. The van der Waals surface area contributed by atoms with Gasteiger partial charge in [0.25, 0.3) is 5.91 Å². The molecule has 0 aliphatic rings. The van der Waals surface area contributed by atoms with Gasteiger partial charge in [-0.3, -0.25) is 14.9 Å². The van der Waals surface area contributed by atoms with Crippen molar-refractivity contribution in [3.05, 3.63) is 52.3 Å². The van der Waals surface area contributed by atoms with Crippen LogP contribution in [-0.4, -0.2) is 15.6 Å². The zero-order valence-electron chi connectivity index (χ0n) is 9.87. The number of aryl methyl sites for hydroxylation is 2. The molecule has 4 nitrogen and oxygen atoms in total. The summed E-state index contributed by atoms with van der Waals surface area (Å²) in [5.41, 5.74) is 4.36. The molecule has 2 aromatic heterocycles. The largest absolute Gasteiger partial charge is 0.273 e. The highest BCUT2D eigenvalue weighted by Gasteiger charge is 2.14. The lowest BCUT2D eigenvalue weighted by molar-refractivity contribution is 0.101. The predicted molar refractivity (Wildman–Crippen MR) is 66.8 cm³/mol. The van der Waals surface area contributed by atoms with E-state index in [2.05, 4.69) is 10.4 Å². The number of pyridine rings is 1. The Morgan fingerprint density at radius 2 is 2.00 bits per heavy atom. The highest BCUT2D eigenvalue weighted by Crippen LogP contribution is 2.14. The monoisotopic (exact) mass is 267 g/mol. The summed E-state index contributed by atoms with van der Waals surface area (Å²) in [6.45, 7) is 3.69. The van der Waals surface area contributed by atoms with E-state index >= 15 is 0 Å². The first-order chi connectivity index (χ1) is 8.49. The molecule has 18 heavy (non-hydrogen) atoms. The molecule has 1 amide bonds. The Morgan fingerprint density at radius 1 is 1.39 bits per heavy atom. The molecule has 0 aliphatic heterocycles. The van der Waals surface area contributed by atoms with Crippen molar-refractivity contribution in [3.8, 4) is 0 Å². The molecule has 6 heteroatoms. The minimum absolute atomic E-state index is 0.00386. The maximum atomic E-state index is 13.0. The number of rotatable bonds is 2. The highest BCUT2D eigenvalue weighted by atomic mass is 35.5. The Hall–Kier alpha value is -1.88. The minimum Gasteiger partial charge on any atom is -0.267 e. The van der Waals surface area contributed by atoms with Crippen LogP contribution in [0.2, 0.25) is 5.15 Å². The molecule has 0 unspecified atom stereocenters. The van der Waals surface area contributed by atoms with Gasteiger partial charge in [0, 0.05) is 11.4 Å². The molecule has 1 N–H and O–H groups in total. The van der Waals surface area contributed by atoms with Crippen LogP contribution >= 0.6 is 11.6 Å². The van der Waals surface area contributed by atoms with Gasteiger partial charge in [-0.25, -0.2) is 9.37 Å². The first-order valence-corrected chi connectivity index (χ1v) is 5.64. The number of carbonyl (C=O) groups is 1. The topological polar surface area (TPSA) is 46.9 Å². The second-order valence-corrected chi connectivity index (χ2v) is 4.24. The molecule has 0 spiro atoms. The molecule has 2 heterocycles. The molecule has 0 saturated heterocycles. The number of amides is 1. The zero-order valence-corrected chi connectivity index (χ0v) is 10.6. The number of nitrogens with zero attached hydrogens (tertiary/aromatic N) is 2. The lowest BCUT2D eigenvalue weighted by atomic mass is 10.3.